The second-order valence-corrected chi connectivity index (χ2v) is 3.86. The lowest BCUT2D eigenvalue weighted by atomic mass is 10.3. The Morgan fingerprint density at radius 1 is 1.44 bits per heavy atom. The summed E-state index contributed by atoms with van der Waals surface area (Å²) in [5.41, 5.74) is 7.72. The predicted octanol–water partition coefficient (Wildman–Crippen LogP) is 1.47. The van der Waals surface area contributed by atoms with E-state index in [9.17, 15) is 0 Å². The number of aromatic nitrogens is 2. The number of aryl methyl sites for hydroxylation is 1. The first-order valence-corrected chi connectivity index (χ1v) is 5.33. The number of para-hydroxylation sites is 2. The highest BCUT2D eigenvalue weighted by atomic mass is 15.1. The normalized spacial score (nSPS) is 12.2. The molecule has 0 amide bonds. The van der Waals surface area contributed by atoms with Crippen LogP contribution < -0.4 is 5.73 Å². The number of fused-ring (bicyclic) bond motifs is 1. The van der Waals surface area contributed by atoms with Gasteiger partial charge in [-0.2, -0.15) is 0 Å². The van der Waals surface area contributed by atoms with Crippen molar-refractivity contribution in [3.8, 4) is 11.8 Å². The highest BCUT2D eigenvalue weighted by Gasteiger charge is 2.04. The molecule has 82 valence electrons. The summed E-state index contributed by atoms with van der Waals surface area (Å²) in [6.45, 7) is 1.88. The van der Waals surface area contributed by atoms with E-state index in [1.165, 1.54) is 0 Å². The number of nitrogens with zero attached hydrogens (tertiary/aromatic N) is 2. The predicted molar refractivity (Wildman–Crippen MR) is 65.8 cm³/mol. The van der Waals surface area contributed by atoms with Gasteiger partial charge in [-0.1, -0.05) is 24.0 Å². The number of hydrogen-bond acceptors (Lipinski definition) is 2. The van der Waals surface area contributed by atoms with Crippen molar-refractivity contribution >= 4 is 11.0 Å². The summed E-state index contributed by atoms with van der Waals surface area (Å²) >= 11 is 0. The summed E-state index contributed by atoms with van der Waals surface area (Å²) in [6.07, 6.45) is 0.646. The first-order chi connectivity index (χ1) is 7.68. The van der Waals surface area contributed by atoms with Gasteiger partial charge in [-0.25, -0.2) is 4.98 Å². The fraction of sp³-hybridized carbons (Fsp3) is 0.308. The van der Waals surface area contributed by atoms with Gasteiger partial charge >= 0.3 is 0 Å². The van der Waals surface area contributed by atoms with E-state index in [1.54, 1.807) is 0 Å². The van der Waals surface area contributed by atoms with Crippen molar-refractivity contribution in [1.82, 2.24) is 9.55 Å². The molecule has 2 N–H and O–H groups in total. The molecule has 0 fully saturated rings. The third-order valence-electron chi connectivity index (χ3n) is 2.46. The Bertz CT molecular complexity index is 555. The van der Waals surface area contributed by atoms with Crippen LogP contribution in [-0.2, 0) is 13.5 Å². The van der Waals surface area contributed by atoms with Crippen LogP contribution in [0.1, 0.15) is 12.7 Å². The first kappa shape index (κ1) is 10.7. The van der Waals surface area contributed by atoms with Gasteiger partial charge in [-0.3, -0.25) is 0 Å². The molecule has 0 aliphatic rings. The molecule has 0 aliphatic carbocycles. The van der Waals surface area contributed by atoms with Gasteiger partial charge in [-0.15, -0.1) is 0 Å². The van der Waals surface area contributed by atoms with E-state index < -0.39 is 0 Å². The molecule has 0 aliphatic heterocycles. The van der Waals surface area contributed by atoms with E-state index in [1.807, 2.05) is 32.2 Å². The molecule has 0 saturated carbocycles. The van der Waals surface area contributed by atoms with Crippen LogP contribution >= 0.6 is 0 Å². The molecule has 1 aromatic carbocycles. The molecule has 3 heteroatoms. The van der Waals surface area contributed by atoms with Crippen molar-refractivity contribution in [2.75, 3.05) is 0 Å². The zero-order valence-electron chi connectivity index (χ0n) is 9.57. The average Bonchev–Trinajstić information content (AvgIpc) is 2.56. The number of rotatable bonds is 1. The monoisotopic (exact) mass is 213 g/mol. The Morgan fingerprint density at radius 2 is 2.19 bits per heavy atom. The SMILES string of the molecule is CC(N)C#CCc1nc2ccccc2n1C. The van der Waals surface area contributed by atoms with Crippen molar-refractivity contribution in [3.05, 3.63) is 30.1 Å². The van der Waals surface area contributed by atoms with E-state index in [2.05, 4.69) is 27.5 Å². The molecule has 0 bridgehead atoms. The smallest absolute Gasteiger partial charge is 0.121 e. The van der Waals surface area contributed by atoms with Gasteiger partial charge in [0.05, 0.1) is 23.5 Å². The lowest BCUT2D eigenvalue weighted by Crippen LogP contribution is -2.11. The summed E-state index contributed by atoms with van der Waals surface area (Å²) in [5.74, 6) is 6.97. The minimum Gasteiger partial charge on any atom is -0.330 e. The Hall–Kier alpha value is -1.79. The van der Waals surface area contributed by atoms with Crippen LogP contribution in [0.4, 0.5) is 0 Å². The van der Waals surface area contributed by atoms with Crippen molar-refractivity contribution in [3.63, 3.8) is 0 Å². The lowest BCUT2D eigenvalue weighted by Gasteiger charge is -1.97. The molecule has 1 heterocycles. The highest BCUT2D eigenvalue weighted by Crippen LogP contribution is 2.13. The average molecular weight is 213 g/mol. The number of benzene rings is 1. The topological polar surface area (TPSA) is 43.8 Å². The molecular weight excluding hydrogens is 198 g/mol. The molecule has 2 aromatic rings. The van der Waals surface area contributed by atoms with Crippen LogP contribution in [-0.4, -0.2) is 15.6 Å². The van der Waals surface area contributed by atoms with Gasteiger partial charge in [0.1, 0.15) is 5.82 Å². The zero-order chi connectivity index (χ0) is 11.5. The molecule has 1 aromatic heterocycles. The number of nitrogens with two attached hydrogens (primary N) is 1. The minimum atomic E-state index is -0.0744. The number of imidazole rings is 1. The summed E-state index contributed by atoms with van der Waals surface area (Å²) in [7, 11) is 2.01. The fourth-order valence-electron chi connectivity index (χ4n) is 1.64. The van der Waals surface area contributed by atoms with Crippen molar-refractivity contribution in [2.24, 2.45) is 12.8 Å². The lowest BCUT2D eigenvalue weighted by molar-refractivity contribution is 0.859. The molecule has 16 heavy (non-hydrogen) atoms. The molecule has 0 spiro atoms. The maximum atomic E-state index is 5.57. The van der Waals surface area contributed by atoms with Crippen LogP contribution in [0.3, 0.4) is 0 Å². The van der Waals surface area contributed by atoms with Crippen molar-refractivity contribution in [1.29, 1.82) is 0 Å². The second kappa shape index (κ2) is 4.38. The zero-order valence-corrected chi connectivity index (χ0v) is 9.57. The summed E-state index contributed by atoms with van der Waals surface area (Å²) in [4.78, 5) is 4.53. The summed E-state index contributed by atoms with van der Waals surface area (Å²) in [5, 5.41) is 0. The first-order valence-electron chi connectivity index (χ1n) is 5.33. The molecule has 3 nitrogen and oxygen atoms in total. The van der Waals surface area contributed by atoms with E-state index in [0.29, 0.717) is 6.42 Å². The maximum Gasteiger partial charge on any atom is 0.121 e. The van der Waals surface area contributed by atoms with Gasteiger partial charge in [0, 0.05) is 7.05 Å². The van der Waals surface area contributed by atoms with Crippen LogP contribution in [0.25, 0.3) is 11.0 Å². The fourth-order valence-corrected chi connectivity index (χ4v) is 1.64. The minimum absolute atomic E-state index is 0.0744. The van der Waals surface area contributed by atoms with E-state index in [4.69, 9.17) is 5.73 Å². The molecular formula is C13H15N3. The molecule has 1 unspecified atom stereocenters. The number of hydrogen-bond donors (Lipinski definition) is 1. The van der Waals surface area contributed by atoms with Gasteiger partial charge in [-0.05, 0) is 19.1 Å². The Morgan fingerprint density at radius 3 is 2.88 bits per heavy atom. The van der Waals surface area contributed by atoms with Gasteiger partial charge < -0.3 is 10.3 Å². The third kappa shape index (κ3) is 2.07. The van der Waals surface area contributed by atoms with E-state index in [0.717, 1.165) is 16.9 Å². The van der Waals surface area contributed by atoms with Gasteiger partial charge in [0.25, 0.3) is 0 Å². The Balaban J connectivity index is 2.33. The van der Waals surface area contributed by atoms with Crippen molar-refractivity contribution < 1.29 is 0 Å². The Kier molecular flexibility index (Phi) is 2.93. The summed E-state index contributed by atoms with van der Waals surface area (Å²) < 4.78 is 2.07. The highest BCUT2D eigenvalue weighted by molar-refractivity contribution is 5.75. The molecule has 2 rings (SSSR count). The van der Waals surface area contributed by atoms with E-state index >= 15 is 0 Å². The summed E-state index contributed by atoms with van der Waals surface area (Å²) in [6, 6.07) is 8.01. The van der Waals surface area contributed by atoms with Crippen LogP contribution in [0.15, 0.2) is 24.3 Å². The van der Waals surface area contributed by atoms with Crippen LogP contribution in [0.2, 0.25) is 0 Å². The van der Waals surface area contributed by atoms with Crippen molar-refractivity contribution in [2.45, 2.75) is 19.4 Å². The Labute approximate surface area is 95.3 Å². The van der Waals surface area contributed by atoms with Crippen LogP contribution in [0.5, 0.6) is 0 Å². The van der Waals surface area contributed by atoms with Gasteiger partial charge in [0.2, 0.25) is 0 Å². The second-order valence-electron chi connectivity index (χ2n) is 3.86. The third-order valence-corrected chi connectivity index (χ3v) is 2.46. The molecule has 0 saturated heterocycles. The molecule has 1 atom stereocenters. The van der Waals surface area contributed by atoms with Crippen LogP contribution in [0, 0.1) is 11.8 Å². The standard InChI is InChI=1S/C13H15N3/c1-10(14)6-5-9-13-15-11-7-3-4-8-12(11)16(13)2/h3-4,7-8,10H,9,14H2,1-2H3. The van der Waals surface area contributed by atoms with Gasteiger partial charge in [0.15, 0.2) is 0 Å². The maximum absolute atomic E-state index is 5.57. The quantitative estimate of drug-likeness (QED) is 0.729. The molecule has 0 radical (unpaired) electrons. The van der Waals surface area contributed by atoms with E-state index in [-0.39, 0.29) is 6.04 Å². The largest absolute Gasteiger partial charge is 0.330 e.